The van der Waals surface area contributed by atoms with Crippen LogP contribution in [0.5, 0.6) is 0 Å². The normalized spacial score (nSPS) is 10.7. The molecule has 0 unspecified atom stereocenters. The number of carbonyl (C=O) groups excluding carboxylic acids is 1. The smallest absolute Gasteiger partial charge is 0.199 e. The van der Waals surface area contributed by atoms with Crippen LogP contribution in [0.25, 0.3) is 0 Å². The third-order valence-electron chi connectivity index (χ3n) is 3.62. The molecule has 0 N–H and O–H groups in total. The van der Waals surface area contributed by atoms with Gasteiger partial charge in [-0.15, -0.1) is 0 Å². The minimum atomic E-state index is -0.536. The monoisotopic (exact) mass is 360 g/mol. The van der Waals surface area contributed by atoms with Crippen molar-refractivity contribution in [3.05, 3.63) is 64.1 Å². The van der Waals surface area contributed by atoms with Gasteiger partial charge < -0.3 is 4.90 Å². The third-order valence-corrected chi connectivity index (χ3v) is 4.57. The van der Waals surface area contributed by atoms with E-state index in [1.807, 2.05) is 0 Å². The number of halogens is 2. The van der Waals surface area contributed by atoms with Crippen molar-refractivity contribution in [2.75, 3.05) is 11.9 Å². The first-order chi connectivity index (χ1) is 11.9. The number of aromatic nitrogens is 3. The lowest BCUT2D eigenvalue weighted by atomic mass is 10.1. The number of nitrogens with zero attached hydrogens (tertiary/aromatic N) is 4. The maximum Gasteiger partial charge on any atom is 0.199 e. The summed E-state index contributed by atoms with van der Waals surface area (Å²) in [6.45, 7) is 1.54. The molecule has 0 saturated carbocycles. The fourth-order valence-electron chi connectivity index (χ4n) is 2.29. The van der Waals surface area contributed by atoms with Gasteiger partial charge in [-0.2, -0.15) is 4.39 Å². The van der Waals surface area contributed by atoms with E-state index >= 15 is 0 Å². The second kappa shape index (κ2) is 7.02. The van der Waals surface area contributed by atoms with E-state index in [2.05, 4.69) is 15.0 Å². The molecule has 0 fully saturated rings. The molecule has 128 valence electrons. The van der Waals surface area contributed by atoms with Crippen LogP contribution in [-0.2, 0) is 6.42 Å². The molecule has 1 aromatic carbocycles. The number of hydrogen-bond donors (Lipinski definition) is 0. The summed E-state index contributed by atoms with van der Waals surface area (Å²) in [6.07, 6.45) is 4.49. The number of thiazole rings is 1. The molecule has 0 bridgehead atoms. The van der Waals surface area contributed by atoms with Crippen LogP contribution in [0, 0.1) is 17.9 Å². The first kappa shape index (κ1) is 17.1. The number of benzene rings is 1. The predicted molar refractivity (Wildman–Crippen MR) is 91.3 cm³/mol. The fourth-order valence-corrected chi connectivity index (χ4v) is 3.07. The van der Waals surface area contributed by atoms with E-state index in [4.69, 9.17) is 0 Å². The lowest BCUT2D eigenvalue weighted by Crippen LogP contribution is -2.12. The van der Waals surface area contributed by atoms with Crippen LogP contribution in [0.4, 0.5) is 20.2 Å². The molecule has 2 aromatic heterocycles. The molecule has 0 aliphatic carbocycles. The van der Waals surface area contributed by atoms with Crippen LogP contribution in [0.1, 0.15) is 21.1 Å². The van der Waals surface area contributed by atoms with Gasteiger partial charge in [0.1, 0.15) is 17.2 Å². The minimum Gasteiger partial charge on any atom is -0.342 e. The van der Waals surface area contributed by atoms with Crippen LogP contribution < -0.4 is 4.90 Å². The minimum absolute atomic E-state index is 0.0729. The standard InChI is InChI=1S/C17H14F2N4OS/c1-10-17(19)25-16(22-10)6-15(24)11-3-12(18)5-13(4-11)23(2)14-7-20-9-21-8-14/h3-5,7-9H,6H2,1-2H3. The third kappa shape index (κ3) is 3.85. The lowest BCUT2D eigenvalue weighted by molar-refractivity contribution is 0.0992. The van der Waals surface area contributed by atoms with E-state index in [1.165, 1.54) is 19.3 Å². The van der Waals surface area contributed by atoms with Crippen molar-refractivity contribution in [2.24, 2.45) is 0 Å². The summed E-state index contributed by atoms with van der Waals surface area (Å²) in [5.74, 6) is -0.863. The summed E-state index contributed by atoms with van der Waals surface area (Å²) in [7, 11) is 1.72. The molecule has 0 atom stereocenters. The molecular weight excluding hydrogens is 346 g/mol. The fraction of sp³-hybridized carbons (Fsp3) is 0.176. The van der Waals surface area contributed by atoms with Gasteiger partial charge in [0.15, 0.2) is 10.9 Å². The highest BCUT2D eigenvalue weighted by Crippen LogP contribution is 2.25. The van der Waals surface area contributed by atoms with Gasteiger partial charge >= 0.3 is 0 Å². The number of carbonyl (C=O) groups is 1. The Bertz CT molecular complexity index is 895. The van der Waals surface area contributed by atoms with Gasteiger partial charge in [0.05, 0.1) is 30.2 Å². The largest absolute Gasteiger partial charge is 0.342 e. The van der Waals surface area contributed by atoms with Crippen molar-refractivity contribution >= 4 is 28.5 Å². The lowest BCUT2D eigenvalue weighted by Gasteiger charge is -2.19. The Morgan fingerprint density at radius 1 is 1.16 bits per heavy atom. The number of Topliss-reactive ketones (excluding diaryl/α,β-unsaturated/α-hetero) is 1. The maximum absolute atomic E-state index is 14.0. The topological polar surface area (TPSA) is 59.0 Å². The van der Waals surface area contributed by atoms with Gasteiger partial charge in [-0.1, -0.05) is 11.3 Å². The average Bonchev–Trinajstić information content (AvgIpc) is 2.91. The summed E-state index contributed by atoms with van der Waals surface area (Å²) in [5.41, 5.74) is 1.60. The van der Waals surface area contributed by atoms with Crippen molar-refractivity contribution in [1.29, 1.82) is 0 Å². The van der Waals surface area contributed by atoms with E-state index in [0.717, 1.165) is 17.4 Å². The molecule has 0 radical (unpaired) electrons. The molecule has 3 aromatic rings. The van der Waals surface area contributed by atoms with Gasteiger partial charge in [-0.05, 0) is 25.1 Å². The Kier molecular flexibility index (Phi) is 4.80. The number of hydrogen-bond acceptors (Lipinski definition) is 6. The van der Waals surface area contributed by atoms with Crippen LogP contribution in [0.15, 0.2) is 36.9 Å². The maximum atomic E-state index is 14.0. The molecule has 0 saturated heterocycles. The molecule has 0 amide bonds. The second-order valence-corrected chi connectivity index (χ2v) is 6.45. The number of rotatable bonds is 5. The highest BCUT2D eigenvalue weighted by Gasteiger charge is 2.16. The van der Waals surface area contributed by atoms with E-state index in [-0.39, 0.29) is 23.5 Å². The molecule has 5 nitrogen and oxygen atoms in total. The number of ketones is 1. The van der Waals surface area contributed by atoms with E-state index in [0.29, 0.717) is 16.4 Å². The van der Waals surface area contributed by atoms with Gasteiger partial charge in [0, 0.05) is 18.3 Å². The zero-order valence-corrected chi connectivity index (χ0v) is 14.3. The Morgan fingerprint density at radius 3 is 2.52 bits per heavy atom. The molecule has 0 aliphatic rings. The molecule has 3 rings (SSSR count). The molecule has 25 heavy (non-hydrogen) atoms. The Labute approximate surface area is 147 Å². The SMILES string of the molecule is Cc1nc(CC(=O)c2cc(F)cc(N(C)c3cncnc3)c2)sc1F. The number of aryl methyl sites for hydroxylation is 1. The summed E-state index contributed by atoms with van der Waals surface area (Å²) in [6, 6.07) is 4.06. The number of anilines is 2. The van der Waals surface area contributed by atoms with Crippen molar-refractivity contribution < 1.29 is 13.6 Å². The molecule has 8 heteroatoms. The van der Waals surface area contributed by atoms with Crippen molar-refractivity contribution in [3.63, 3.8) is 0 Å². The van der Waals surface area contributed by atoms with E-state index < -0.39 is 10.9 Å². The van der Waals surface area contributed by atoms with Crippen LogP contribution in [-0.4, -0.2) is 27.8 Å². The Morgan fingerprint density at radius 2 is 1.88 bits per heavy atom. The summed E-state index contributed by atoms with van der Waals surface area (Å²) >= 11 is 0.830. The zero-order valence-electron chi connectivity index (χ0n) is 13.5. The summed E-state index contributed by atoms with van der Waals surface area (Å²) < 4.78 is 27.4. The van der Waals surface area contributed by atoms with Gasteiger partial charge in [-0.25, -0.2) is 19.3 Å². The van der Waals surface area contributed by atoms with Crippen LogP contribution >= 0.6 is 11.3 Å². The quantitative estimate of drug-likeness (QED) is 0.649. The predicted octanol–water partition coefficient (Wildman–Crippen LogP) is 3.71. The van der Waals surface area contributed by atoms with Crippen LogP contribution in [0.2, 0.25) is 0 Å². The molecule has 2 heterocycles. The highest BCUT2D eigenvalue weighted by atomic mass is 32.1. The van der Waals surface area contributed by atoms with Crippen molar-refractivity contribution in [2.45, 2.75) is 13.3 Å². The van der Waals surface area contributed by atoms with Gasteiger partial charge in [0.2, 0.25) is 0 Å². The molecule has 0 aliphatic heterocycles. The zero-order chi connectivity index (χ0) is 18.0. The van der Waals surface area contributed by atoms with Gasteiger partial charge in [-0.3, -0.25) is 4.79 Å². The Balaban J connectivity index is 1.87. The Hall–Kier alpha value is -2.74. The molecular formula is C17H14F2N4OS. The van der Waals surface area contributed by atoms with Crippen LogP contribution in [0.3, 0.4) is 0 Å². The van der Waals surface area contributed by atoms with E-state index in [1.54, 1.807) is 30.4 Å². The van der Waals surface area contributed by atoms with Gasteiger partial charge in [0.25, 0.3) is 0 Å². The average molecular weight is 360 g/mol. The first-order valence-electron chi connectivity index (χ1n) is 7.38. The first-order valence-corrected chi connectivity index (χ1v) is 8.20. The summed E-state index contributed by atoms with van der Waals surface area (Å²) in [5, 5.41) is -0.0397. The van der Waals surface area contributed by atoms with E-state index in [9.17, 15) is 13.6 Å². The molecule has 0 spiro atoms. The van der Waals surface area contributed by atoms with Crippen molar-refractivity contribution in [3.8, 4) is 0 Å². The highest BCUT2D eigenvalue weighted by molar-refractivity contribution is 7.10. The summed E-state index contributed by atoms with van der Waals surface area (Å²) in [4.78, 5) is 26.0. The van der Waals surface area contributed by atoms with Crippen molar-refractivity contribution in [1.82, 2.24) is 15.0 Å². The second-order valence-electron chi connectivity index (χ2n) is 5.42.